The van der Waals surface area contributed by atoms with E-state index in [4.69, 9.17) is 23.8 Å². The molecule has 2 amide bonds. The van der Waals surface area contributed by atoms with Gasteiger partial charge in [-0.2, -0.15) is 4.99 Å². The topological polar surface area (TPSA) is 58.7 Å². The summed E-state index contributed by atoms with van der Waals surface area (Å²) in [4.78, 5) is 17.0. The average molecular weight is 262 g/mol. The van der Waals surface area contributed by atoms with Gasteiger partial charge in [0.2, 0.25) is 0 Å². The number of rotatable bonds is 2. The number of carbonyl (C=O) groups is 1. The van der Waals surface area contributed by atoms with E-state index in [2.05, 4.69) is 10.9 Å². The highest BCUT2D eigenvalue weighted by Crippen LogP contribution is 2.29. The number of terminal acetylenes is 1. The Morgan fingerprint density at radius 1 is 1.50 bits per heavy atom. The molecule has 1 heterocycles. The first-order valence-corrected chi connectivity index (χ1v) is 5.80. The Balaban J connectivity index is 2.41. The van der Waals surface area contributed by atoms with Crippen LogP contribution in [0.2, 0.25) is 5.02 Å². The van der Waals surface area contributed by atoms with Crippen LogP contribution in [0.5, 0.6) is 0 Å². The Kier molecular flexibility index (Phi) is 3.26. The zero-order valence-corrected chi connectivity index (χ0v) is 10.6. The highest BCUT2D eigenvalue weighted by atomic mass is 35.5. The molecule has 1 aromatic carbocycles. The fraction of sp³-hybridized carbons (Fsp3) is 0.231. The van der Waals surface area contributed by atoms with Crippen LogP contribution in [0, 0.1) is 12.3 Å². The Morgan fingerprint density at radius 3 is 2.67 bits per heavy atom. The van der Waals surface area contributed by atoms with Crippen LogP contribution in [0.1, 0.15) is 18.5 Å². The molecule has 92 valence electrons. The molecule has 0 spiro atoms. The molecule has 0 saturated carbocycles. The third-order valence-electron chi connectivity index (χ3n) is 2.85. The molecule has 0 bridgehead atoms. The number of nitrogens with two attached hydrogens (primary N) is 1. The lowest BCUT2D eigenvalue weighted by molar-refractivity contribution is 0.199. The summed E-state index contributed by atoms with van der Waals surface area (Å²) in [7, 11) is 0. The van der Waals surface area contributed by atoms with Crippen molar-refractivity contribution >= 4 is 23.5 Å². The van der Waals surface area contributed by atoms with Crippen LogP contribution < -0.4 is 5.73 Å². The van der Waals surface area contributed by atoms with Crippen molar-refractivity contribution in [3.63, 3.8) is 0 Å². The SMILES string of the molecule is C#CC(C)N1C(=O)N=C(N)C1c1ccc(Cl)cc1. The summed E-state index contributed by atoms with van der Waals surface area (Å²) in [5.41, 5.74) is 6.65. The molecule has 18 heavy (non-hydrogen) atoms. The van der Waals surface area contributed by atoms with Crippen molar-refractivity contribution in [3.8, 4) is 12.3 Å². The second kappa shape index (κ2) is 4.71. The number of nitrogens with zero attached hydrogens (tertiary/aromatic N) is 2. The van der Waals surface area contributed by atoms with E-state index in [1.165, 1.54) is 4.90 Å². The number of amidine groups is 1. The molecule has 4 nitrogen and oxygen atoms in total. The van der Waals surface area contributed by atoms with Crippen molar-refractivity contribution in [2.75, 3.05) is 0 Å². The predicted octanol–water partition coefficient (Wildman–Crippen LogP) is 2.20. The summed E-state index contributed by atoms with van der Waals surface area (Å²) < 4.78 is 0. The number of benzene rings is 1. The second-order valence-corrected chi connectivity index (χ2v) is 4.46. The van der Waals surface area contributed by atoms with Gasteiger partial charge < -0.3 is 5.73 Å². The van der Waals surface area contributed by atoms with E-state index in [0.29, 0.717) is 5.02 Å². The van der Waals surface area contributed by atoms with Gasteiger partial charge >= 0.3 is 6.03 Å². The lowest BCUT2D eigenvalue weighted by Gasteiger charge is -2.27. The van der Waals surface area contributed by atoms with Crippen LogP contribution >= 0.6 is 11.6 Å². The minimum absolute atomic E-state index is 0.254. The number of amides is 2. The molecule has 5 heteroatoms. The quantitative estimate of drug-likeness (QED) is 0.830. The summed E-state index contributed by atoms with van der Waals surface area (Å²) in [5.74, 6) is 2.77. The smallest absolute Gasteiger partial charge is 0.347 e. The van der Waals surface area contributed by atoms with Crippen LogP contribution in [0.25, 0.3) is 0 Å². The molecule has 2 unspecified atom stereocenters. The number of halogens is 1. The molecule has 1 aromatic rings. The normalized spacial score (nSPS) is 20.5. The molecule has 2 N–H and O–H groups in total. The van der Waals surface area contributed by atoms with Crippen molar-refractivity contribution in [2.45, 2.75) is 19.0 Å². The molecule has 0 radical (unpaired) electrons. The minimum Gasteiger partial charge on any atom is -0.385 e. The van der Waals surface area contributed by atoms with E-state index in [0.717, 1.165) is 5.56 Å². The maximum absolute atomic E-state index is 11.8. The van der Waals surface area contributed by atoms with Crippen molar-refractivity contribution in [1.29, 1.82) is 0 Å². The Labute approximate surface area is 110 Å². The lowest BCUT2D eigenvalue weighted by atomic mass is 10.0. The van der Waals surface area contributed by atoms with Crippen LogP contribution in [-0.2, 0) is 0 Å². The number of hydrogen-bond donors (Lipinski definition) is 1. The van der Waals surface area contributed by atoms with E-state index in [1.807, 2.05) is 12.1 Å². The van der Waals surface area contributed by atoms with Crippen molar-refractivity contribution in [3.05, 3.63) is 34.9 Å². The summed E-state index contributed by atoms with van der Waals surface area (Å²) in [6.07, 6.45) is 5.37. The zero-order chi connectivity index (χ0) is 13.3. The van der Waals surface area contributed by atoms with E-state index < -0.39 is 12.1 Å². The molecule has 0 fully saturated rings. The van der Waals surface area contributed by atoms with Crippen LogP contribution in [0.3, 0.4) is 0 Å². The average Bonchev–Trinajstić information content (AvgIpc) is 2.64. The third-order valence-corrected chi connectivity index (χ3v) is 3.10. The largest absolute Gasteiger partial charge is 0.385 e. The van der Waals surface area contributed by atoms with Gasteiger partial charge in [-0.3, -0.25) is 4.90 Å². The summed E-state index contributed by atoms with van der Waals surface area (Å²) in [6.45, 7) is 1.76. The van der Waals surface area contributed by atoms with Crippen molar-refractivity contribution < 1.29 is 4.79 Å². The van der Waals surface area contributed by atoms with E-state index in [9.17, 15) is 4.79 Å². The molecule has 0 aromatic heterocycles. The van der Waals surface area contributed by atoms with Gasteiger partial charge in [0.25, 0.3) is 0 Å². The highest BCUT2D eigenvalue weighted by molar-refractivity contribution is 6.30. The van der Waals surface area contributed by atoms with Gasteiger partial charge in [0, 0.05) is 5.02 Å². The molecule has 2 atom stereocenters. The van der Waals surface area contributed by atoms with E-state index in [-0.39, 0.29) is 11.9 Å². The summed E-state index contributed by atoms with van der Waals surface area (Å²) in [6, 6.07) is 5.91. The number of urea groups is 1. The molecular formula is C13H12ClN3O. The van der Waals surface area contributed by atoms with E-state index in [1.54, 1.807) is 19.1 Å². The van der Waals surface area contributed by atoms with Gasteiger partial charge in [-0.1, -0.05) is 29.7 Å². The van der Waals surface area contributed by atoms with E-state index >= 15 is 0 Å². The van der Waals surface area contributed by atoms with Gasteiger partial charge in [0.05, 0.1) is 6.04 Å². The van der Waals surface area contributed by atoms with Gasteiger partial charge in [0.15, 0.2) is 0 Å². The standard InChI is InChI=1S/C13H12ClN3O/c1-3-8(2)17-11(12(15)16-13(17)18)9-4-6-10(14)7-5-9/h1,4-8,11H,2H3,(H2,15,16,18). The molecular weight excluding hydrogens is 250 g/mol. The monoisotopic (exact) mass is 261 g/mol. The van der Waals surface area contributed by atoms with Crippen molar-refractivity contribution in [2.24, 2.45) is 10.7 Å². The second-order valence-electron chi connectivity index (χ2n) is 4.02. The molecule has 0 aliphatic carbocycles. The Morgan fingerprint density at radius 2 is 2.11 bits per heavy atom. The number of hydrogen-bond acceptors (Lipinski definition) is 2. The minimum atomic E-state index is -0.416. The Hall–Kier alpha value is -1.99. The number of aliphatic imine (C=N–C) groups is 1. The maximum atomic E-state index is 11.8. The first-order chi connectivity index (χ1) is 8.54. The molecule has 2 rings (SSSR count). The summed E-state index contributed by atoms with van der Waals surface area (Å²) >= 11 is 5.84. The predicted molar refractivity (Wildman–Crippen MR) is 71.3 cm³/mol. The third kappa shape index (κ3) is 2.05. The first-order valence-electron chi connectivity index (χ1n) is 5.42. The van der Waals surface area contributed by atoms with Gasteiger partial charge in [-0.05, 0) is 24.6 Å². The van der Waals surface area contributed by atoms with Gasteiger partial charge in [0.1, 0.15) is 11.9 Å². The highest BCUT2D eigenvalue weighted by Gasteiger charge is 2.36. The first kappa shape index (κ1) is 12.5. The van der Waals surface area contributed by atoms with Crippen molar-refractivity contribution in [1.82, 2.24) is 4.90 Å². The Bertz CT molecular complexity index is 544. The van der Waals surface area contributed by atoms with Gasteiger partial charge in [-0.25, -0.2) is 4.79 Å². The fourth-order valence-corrected chi connectivity index (χ4v) is 2.05. The molecule has 0 saturated heterocycles. The lowest BCUT2D eigenvalue weighted by Crippen LogP contribution is -2.38. The maximum Gasteiger partial charge on any atom is 0.347 e. The number of carbonyl (C=O) groups excluding carboxylic acids is 1. The van der Waals surface area contributed by atoms with Crippen LogP contribution in [0.4, 0.5) is 4.79 Å². The van der Waals surface area contributed by atoms with Gasteiger partial charge in [-0.15, -0.1) is 6.42 Å². The molecule has 1 aliphatic rings. The van der Waals surface area contributed by atoms with Crippen LogP contribution in [0.15, 0.2) is 29.3 Å². The zero-order valence-electron chi connectivity index (χ0n) is 9.80. The summed E-state index contributed by atoms with van der Waals surface area (Å²) in [5, 5.41) is 0.620. The molecule has 1 aliphatic heterocycles. The van der Waals surface area contributed by atoms with Crippen LogP contribution in [-0.4, -0.2) is 22.8 Å². The fourth-order valence-electron chi connectivity index (χ4n) is 1.93.